The maximum atomic E-state index is 12.9. The number of benzene rings is 1. The highest BCUT2D eigenvalue weighted by molar-refractivity contribution is 5.95. The van der Waals surface area contributed by atoms with Gasteiger partial charge in [-0.3, -0.25) is 9.69 Å². The molecule has 1 amide bonds. The van der Waals surface area contributed by atoms with E-state index in [1.165, 1.54) is 12.7 Å². The standard InChI is InChI=1S/C20H27N5O/c1-23(2)7-4-8-24-9-11-25(12-10-24)20(26)18-6-3-5-17(13-18)19-14-21-16-22-15-19/h3,5-6,13-16H,4,7-12H2,1-2H3. The second kappa shape index (κ2) is 8.87. The van der Waals surface area contributed by atoms with Crippen LogP contribution in [0.5, 0.6) is 0 Å². The van der Waals surface area contributed by atoms with Crippen LogP contribution < -0.4 is 0 Å². The first-order chi connectivity index (χ1) is 12.6. The largest absolute Gasteiger partial charge is 0.336 e. The van der Waals surface area contributed by atoms with Gasteiger partial charge in [0.05, 0.1) is 0 Å². The third-order valence-electron chi connectivity index (χ3n) is 4.74. The predicted octanol–water partition coefficient (Wildman–Crippen LogP) is 1.85. The number of nitrogens with zero attached hydrogens (tertiary/aromatic N) is 5. The molecular weight excluding hydrogens is 326 g/mol. The lowest BCUT2D eigenvalue weighted by atomic mass is 10.0. The SMILES string of the molecule is CN(C)CCCN1CCN(C(=O)c2cccc(-c3cncnc3)c2)CC1. The average Bonchev–Trinajstić information content (AvgIpc) is 2.68. The van der Waals surface area contributed by atoms with Crippen LogP contribution in [0.2, 0.25) is 0 Å². The molecule has 0 bridgehead atoms. The highest BCUT2D eigenvalue weighted by Gasteiger charge is 2.22. The second-order valence-electron chi connectivity index (χ2n) is 7.00. The molecule has 6 heteroatoms. The van der Waals surface area contributed by atoms with Crippen LogP contribution in [0.1, 0.15) is 16.8 Å². The van der Waals surface area contributed by atoms with Gasteiger partial charge in [0, 0.05) is 49.7 Å². The summed E-state index contributed by atoms with van der Waals surface area (Å²) < 4.78 is 0. The van der Waals surface area contributed by atoms with Crippen LogP contribution in [0, 0.1) is 0 Å². The van der Waals surface area contributed by atoms with Crippen LogP contribution in [0.25, 0.3) is 11.1 Å². The van der Waals surface area contributed by atoms with Crippen LogP contribution in [0.3, 0.4) is 0 Å². The second-order valence-corrected chi connectivity index (χ2v) is 7.00. The summed E-state index contributed by atoms with van der Waals surface area (Å²) in [5.41, 5.74) is 2.62. The zero-order valence-corrected chi connectivity index (χ0v) is 15.6. The van der Waals surface area contributed by atoms with Gasteiger partial charge >= 0.3 is 0 Å². The number of amides is 1. The molecule has 0 unspecified atom stereocenters. The van der Waals surface area contributed by atoms with Gasteiger partial charge in [-0.15, -0.1) is 0 Å². The van der Waals surface area contributed by atoms with Crippen LogP contribution in [0.4, 0.5) is 0 Å². The molecule has 0 saturated carbocycles. The molecule has 0 N–H and O–H groups in total. The molecule has 6 nitrogen and oxygen atoms in total. The summed E-state index contributed by atoms with van der Waals surface area (Å²) in [7, 11) is 4.21. The van der Waals surface area contributed by atoms with Crippen molar-refractivity contribution in [3.8, 4) is 11.1 Å². The molecule has 0 radical (unpaired) electrons. The number of hydrogen-bond donors (Lipinski definition) is 0. The first kappa shape index (κ1) is 18.5. The fourth-order valence-electron chi connectivity index (χ4n) is 3.25. The first-order valence-corrected chi connectivity index (χ1v) is 9.15. The van der Waals surface area contributed by atoms with E-state index in [-0.39, 0.29) is 5.91 Å². The van der Waals surface area contributed by atoms with Gasteiger partial charge in [0.25, 0.3) is 5.91 Å². The van der Waals surface area contributed by atoms with Crippen molar-refractivity contribution in [2.45, 2.75) is 6.42 Å². The van der Waals surface area contributed by atoms with Crippen LogP contribution in [0.15, 0.2) is 43.0 Å². The summed E-state index contributed by atoms with van der Waals surface area (Å²) in [4.78, 5) is 27.6. The third-order valence-corrected chi connectivity index (χ3v) is 4.74. The Morgan fingerprint density at radius 1 is 1.08 bits per heavy atom. The average molecular weight is 353 g/mol. The molecule has 1 aromatic heterocycles. The Hall–Kier alpha value is -2.31. The summed E-state index contributed by atoms with van der Waals surface area (Å²) in [5, 5.41) is 0. The van der Waals surface area contributed by atoms with Crippen molar-refractivity contribution in [1.29, 1.82) is 0 Å². The van der Waals surface area contributed by atoms with E-state index in [9.17, 15) is 4.79 Å². The summed E-state index contributed by atoms with van der Waals surface area (Å²) in [5.74, 6) is 0.108. The van der Waals surface area contributed by atoms with E-state index < -0.39 is 0 Å². The Morgan fingerprint density at radius 2 is 1.81 bits per heavy atom. The summed E-state index contributed by atoms with van der Waals surface area (Å²) >= 11 is 0. The molecule has 1 saturated heterocycles. The minimum atomic E-state index is 0.108. The van der Waals surface area contributed by atoms with Crippen molar-refractivity contribution in [2.75, 3.05) is 53.4 Å². The van der Waals surface area contributed by atoms with Gasteiger partial charge in [-0.2, -0.15) is 0 Å². The van der Waals surface area contributed by atoms with Crippen molar-refractivity contribution in [2.24, 2.45) is 0 Å². The quantitative estimate of drug-likeness (QED) is 0.793. The maximum Gasteiger partial charge on any atom is 0.253 e. The fraction of sp³-hybridized carbons (Fsp3) is 0.450. The summed E-state index contributed by atoms with van der Waals surface area (Å²) in [6.07, 6.45) is 6.21. The molecule has 0 spiro atoms. The number of carbonyl (C=O) groups is 1. The molecule has 138 valence electrons. The van der Waals surface area contributed by atoms with E-state index in [2.05, 4.69) is 33.9 Å². The van der Waals surface area contributed by atoms with E-state index in [0.717, 1.165) is 56.0 Å². The van der Waals surface area contributed by atoms with Gasteiger partial charge in [0.1, 0.15) is 6.33 Å². The smallest absolute Gasteiger partial charge is 0.253 e. The molecular formula is C20H27N5O. The van der Waals surface area contributed by atoms with Crippen molar-refractivity contribution < 1.29 is 4.79 Å². The van der Waals surface area contributed by atoms with Crippen molar-refractivity contribution >= 4 is 5.91 Å². The van der Waals surface area contributed by atoms with Crippen molar-refractivity contribution in [3.63, 3.8) is 0 Å². The van der Waals surface area contributed by atoms with Crippen molar-refractivity contribution in [1.82, 2.24) is 24.7 Å². The van der Waals surface area contributed by atoms with Gasteiger partial charge in [-0.1, -0.05) is 12.1 Å². The summed E-state index contributed by atoms with van der Waals surface area (Å²) in [6.45, 7) is 5.69. The Labute approximate surface area is 155 Å². The molecule has 0 aliphatic carbocycles. The normalized spacial score (nSPS) is 15.4. The Kier molecular flexibility index (Phi) is 6.30. The summed E-state index contributed by atoms with van der Waals surface area (Å²) in [6, 6.07) is 7.73. The first-order valence-electron chi connectivity index (χ1n) is 9.15. The van der Waals surface area contributed by atoms with Crippen LogP contribution in [-0.2, 0) is 0 Å². The Morgan fingerprint density at radius 3 is 2.50 bits per heavy atom. The zero-order valence-electron chi connectivity index (χ0n) is 15.6. The van der Waals surface area contributed by atoms with Crippen LogP contribution >= 0.6 is 0 Å². The third kappa shape index (κ3) is 4.86. The molecule has 3 rings (SSSR count). The van der Waals surface area contributed by atoms with Gasteiger partial charge in [0.2, 0.25) is 0 Å². The van der Waals surface area contributed by atoms with E-state index in [4.69, 9.17) is 0 Å². The molecule has 1 aromatic carbocycles. The number of aromatic nitrogens is 2. The van der Waals surface area contributed by atoms with Gasteiger partial charge in [0.15, 0.2) is 0 Å². The van der Waals surface area contributed by atoms with E-state index in [0.29, 0.717) is 0 Å². The molecule has 2 aromatic rings. The molecule has 2 heterocycles. The highest BCUT2D eigenvalue weighted by atomic mass is 16.2. The predicted molar refractivity (Wildman–Crippen MR) is 103 cm³/mol. The molecule has 26 heavy (non-hydrogen) atoms. The zero-order chi connectivity index (χ0) is 18.4. The topological polar surface area (TPSA) is 52.6 Å². The minimum absolute atomic E-state index is 0.108. The lowest BCUT2D eigenvalue weighted by molar-refractivity contribution is 0.0634. The Bertz CT molecular complexity index is 711. The molecule has 0 atom stereocenters. The van der Waals surface area contributed by atoms with Crippen LogP contribution in [-0.4, -0.2) is 83.9 Å². The highest BCUT2D eigenvalue weighted by Crippen LogP contribution is 2.20. The monoisotopic (exact) mass is 353 g/mol. The van der Waals surface area contributed by atoms with Gasteiger partial charge < -0.3 is 9.80 Å². The maximum absolute atomic E-state index is 12.9. The minimum Gasteiger partial charge on any atom is -0.336 e. The lowest BCUT2D eigenvalue weighted by Crippen LogP contribution is -2.49. The number of hydrogen-bond acceptors (Lipinski definition) is 5. The number of rotatable bonds is 6. The van der Waals surface area contributed by atoms with E-state index >= 15 is 0 Å². The molecule has 1 aliphatic heterocycles. The van der Waals surface area contributed by atoms with E-state index in [1.807, 2.05) is 29.2 Å². The number of carbonyl (C=O) groups excluding carboxylic acids is 1. The van der Waals surface area contributed by atoms with E-state index in [1.54, 1.807) is 12.4 Å². The fourth-order valence-corrected chi connectivity index (χ4v) is 3.25. The van der Waals surface area contributed by atoms with Gasteiger partial charge in [-0.25, -0.2) is 9.97 Å². The van der Waals surface area contributed by atoms with Crippen molar-refractivity contribution in [3.05, 3.63) is 48.5 Å². The number of piperazine rings is 1. The molecule has 1 fully saturated rings. The Balaban J connectivity index is 1.57. The molecule has 1 aliphatic rings. The lowest BCUT2D eigenvalue weighted by Gasteiger charge is -2.35. The van der Waals surface area contributed by atoms with Gasteiger partial charge in [-0.05, 0) is 51.3 Å².